The summed E-state index contributed by atoms with van der Waals surface area (Å²) in [6, 6.07) is 7.21. The SMILES string of the molecule is CS(=O)(=O)c1ccc(S(=O)(=O)NCC23CC4CC(C2)CC(NCC(=O)N2CCC[C@H]2C#N)(C4)C3)cc1. The summed E-state index contributed by atoms with van der Waals surface area (Å²) in [6.07, 6.45) is 8.60. The van der Waals surface area contributed by atoms with Gasteiger partial charge in [0.1, 0.15) is 6.04 Å². The zero-order chi connectivity index (χ0) is 25.8. The van der Waals surface area contributed by atoms with Crippen molar-refractivity contribution in [1.29, 1.82) is 5.26 Å². The van der Waals surface area contributed by atoms with Crippen molar-refractivity contribution < 1.29 is 21.6 Å². The third kappa shape index (κ3) is 4.93. The van der Waals surface area contributed by atoms with Gasteiger partial charge in [0.05, 0.1) is 22.4 Å². The third-order valence-corrected chi connectivity index (χ3v) is 11.3. The van der Waals surface area contributed by atoms with Crippen LogP contribution in [0, 0.1) is 28.6 Å². The maximum atomic E-state index is 13.0. The van der Waals surface area contributed by atoms with E-state index in [1.54, 1.807) is 4.90 Å². The molecule has 196 valence electrons. The van der Waals surface area contributed by atoms with Crippen molar-refractivity contribution in [2.24, 2.45) is 17.3 Å². The molecule has 1 aliphatic heterocycles. The van der Waals surface area contributed by atoms with Crippen LogP contribution in [0.2, 0.25) is 0 Å². The topological polar surface area (TPSA) is 136 Å². The molecule has 0 aromatic heterocycles. The zero-order valence-corrected chi connectivity index (χ0v) is 22.2. The fourth-order valence-corrected chi connectivity index (χ4v) is 9.42. The standard InChI is InChI=1S/C25H34N4O5S2/c1-35(31,32)21-4-6-22(7-5-21)36(33,34)28-17-24-10-18-9-19(11-24)13-25(12-18,16-24)27-15-23(30)29-8-2-3-20(29)14-26/h4-7,18-20,27-28H,2-3,8-13,15-17H2,1H3/t18?,19?,20-,24?,25?/m0/s1. The second kappa shape index (κ2) is 9.08. The number of nitrogens with zero attached hydrogens (tertiary/aromatic N) is 2. The van der Waals surface area contributed by atoms with Crippen LogP contribution < -0.4 is 10.0 Å². The Morgan fingerprint density at radius 1 is 1.08 bits per heavy atom. The molecule has 3 atom stereocenters. The van der Waals surface area contributed by atoms with E-state index < -0.39 is 19.9 Å². The van der Waals surface area contributed by atoms with Crippen LogP contribution in [-0.2, 0) is 24.7 Å². The van der Waals surface area contributed by atoms with Crippen molar-refractivity contribution in [2.75, 3.05) is 25.9 Å². The number of benzene rings is 1. The molecule has 0 spiro atoms. The molecule has 1 saturated heterocycles. The number of rotatable bonds is 8. The lowest BCUT2D eigenvalue weighted by Crippen LogP contribution is -2.64. The van der Waals surface area contributed by atoms with Gasteiger partial charge in [0.2, 0.25) is 15.9 Å². The van der Waals surface area contributed by atoms with Crippen LogP contribution in [0.15, 0.2) is 34.1 Å². The molecule has 5 aliphatic rings. The van der Waals surface area contributed by atoms with Crippen molar-refractivity contribution in [3.63, 3.8) is 0 Å². The van der Waals surface area contributed by atoms with Gasteiger partial charge in [-0.25, -0.2) is 21.6 Å². The van der Waals surface area contributed by atoms with E-state index in [0.29, 0.717) is 24.9 Å². The normalized spacial score (nSPS) is 33.6. The first-order valence-electron chi connectivity index (χ1n) is 12.7. The summed E-state index contributed by atoms with van der Waals surface area (Å²) in [5.41, 5.74) is -0.340. The molecule has 1 aromatic rings. The van der Waals surface area contributed by atoms with Gasteiger partial charge >= 0.3 is 0 Å². The summed E-state index contributed by atoms with van der Waals surface area (Å²) in [4.78, 5) is 14.7. The molecule has 11 heteroatoms. The number of likely N-dealkylation sites (tertiary alicyclic amines) is 1. The number of sulfonamides is 1. The number of nitriles is 1. The summed E-state index contributed by atoms with van der Waals surface area (Å²) in [6.45, 7) is 1.18. The van der Waals surface area contributed by atoms with Crippen LogP contribution in [0.4, 0.5) is 0 Å². The van der Waals surface area contributed by atoms with Gasteiger partial charge < -0.3 is 10.2 Å². The first-order chi connectivity index (χ1) is 16.9. The second-order valence-corrected chi connectivity index (χ2v) is 15.3. The first-order valence-corrected chi connectivity index (χ1v) is 16.0. The molecule has 4 aliphatic carbocycles. The summed E-state index contributed by atoms with van der Waals surface area (Å²) in [5, 5.41) is 12.9. The van der Waals surface area contributed by atoms with Crippen LogP contribution in [0.25, 0.3) is 0 Å². The molecule has 4 saturated carbocycles. The maximum Gasteiger partial charge on any atom is 0.240 e. The minimum atomic E-state index is -3.79. The van der Waals surface area contributed by atoms with Crippen molar-refractivity contribution in [3.8, 4) is 6.07 Å². The lowest BCUT2D eigenvalue weighted by atomic mass is 9.47. The number of hydrogen-bond acceptors (Lipinski definition) is 7. The van der Waals surface area contributed by atoms with E-state index in [1.165, 1.54) is 24.3 Å². The number of sulfone groups is 1. The lowest BCUT2D eigenvalue weighted by Gasteiger charge is -2.62. The van der Waals surface area contributed by atoms with Crippen molar-refractivity contribution in [3.05, 3.63) is 24.3 Å². The summed E-state index contributed by atoms with van der Waals surface area (Å²) < 4.78 is 52.3. The van der Waals surface area contributed by atoms with Gasteiger partial charge in [0, 0.05) is 24.9 Å². The Labute approximate surface area is 213 Å². The number of hydrogen-bond donors (Lipinski definition) is 2. The first kappa shape index (κ1) is 25.6. The van der Waals surface area contributed by atoms with E-state index in [9.17, 15) is 26.9 Å². The third-order valence-electron chi connectivity index (χ3n) is 8.72. The molecular formula is C25H34N4O5S2. The average Bonchev–Trinajstić information content (AvgIpc) is 3.29. The average molecular weight is 535 g/mol. The van der Waals surface area contributed by atoms with Crippen molar-refractivity contribution in [2.45, 2.75) is 72.7 Å². The van der Waals surface area contributed by atoms with Crippen molar-refractivity contribution in [1.82, 2.24) is 14.9 Å². The van der Waals surface area contributed by atoms with Gasteiger partial charge in [-0.2, -0.15) is 5.26 Å². The quantitative estimate of drug-likeness (QED) is 0.519. The fourth-order valence-electron chi connectivity index (χ4n) is 7.63. The van der Waals surface area contributed by atoms with Crippen LogP contribution in [0.5, 0.6) is 0 Å². The molecule has 1 amide bonds. The zero-order valence-electron chi connectivity index (χ0n) is 20.6. The molecule has 1 aromatic carbocycles. The Bertz CT molecular complexity index is 1270. The number of carbonyl (C=O) groups is 1. The molecule has 36 heavy (non-hydrogen) atoms. The minimum Gasteiger partial charge on any atom is -0.326 e. The molecule has 2 unspecified atom stereocenters. The highest BCUT2D eigenvalue weighted by Crippen LogP contribution is 2.61. The molecule has 5 fully saturated rings. The van der Waals surface area contributed by atoms with Crippen LogP contribution in [0.1, 0.15) is 51.4 Å². The van der Waals surface area contributed by atoms with E-state index in [2.05, 4.69) is 16.1 Å². The van der Waals surface area contributed by atoms with E-state index in [-0.39, 0.29) is 39.2 Å². The lowest BCUT2D eigenvalue weighted by molar-refractivity contribution is -0.132. The molecule has 2 N–H and O–H groups in total. The Hall–Kier alpha value is -2.00. The number of carbonyl (C=O) groups excluding carboxylic acids is 1. The Kier molecular flexibility index (Phi) is 6.47. The Morgan fingerprint density at radius 3 is 2.33 bits per heavy atom. The highest BCUT2D eigenvalue weighted by atomic mass is 32.2. The molecule has 0 radical (unpaired) electrons. The summed E-state index contributed by atoms with van der Waals surface area (Å²) >= 11 is 0. The van der Waals surface area contributed by atoms with E-state index in [4.69, 9.17) is 0 Å². The summed E-state index contributed by atoms with van der Waals surface area (Å²) in [5.74, 6) is 0.985. The largest absolute Gasteiger partial charge is 0.326 e. The van der Waals surface area contributed by atoms with E-state index in [1.807, 2.05) is 0 Å². The predicted molar refractivity (Wildman–Crippen MR) is 133 cm³/mol. The van der Waals surface area contributed by atoms with Gasteiger partial charge in [-0.05, 0) is 92.9 Å². The van der Waals surface area contributed by atoms with Crippen LogP contribution in [0.3, 0.4) is 0 Å². The summed E-state index contributed by atoms with van der Waals surface area (Å²) in [7, 11) is -7.19. The Balaban J connectivity index is 1.26. The number of amides is 1. The van der Waals surface area contributed by atoms with Crippen LogP contribution in [-0.4, -0.2) is 65.1 Å². The smallest absolute Gasteiger partial charge is 0.240 e. The maximum absolute atomic E-state index is 13.0. The molecular weight excluding hydrogens is 500 g/mol. The molecule has 6 rings (SSSR count). The minimum absolute atomic E-state index is 0.0258. The fraction of sp³-hybridized carbons (Fsp3) is 0.680. The molecule has 1 heterocycles. The molecule has 4 bridgehead atoms. The van der Waals surface area contributed by atoms with Gasteiger partial charge in [0.25, 0.3) is 0 Å². The van der Waals surface area contributed by atoms with Crippen molar-refractivity contribution >= 4 is 25.8 Å². The molecule has 9 nitrogen and oxygen atoms in total. The predicted octanol–water partition coefficient (Wildman–Crippen LogP) is 1.81. The van der Waals surface area contributed by atoms with Gasteiger partial charge in [-0.3, -0.25) is 4.79 Å². The highest BCUT2D eigenvalue weighted by molar-refractivity contribution is 7.90. The van der Waals surface area contributed by atoms with Gasteiger partial charge in [-0.1, -0.05) is 0 Å². The van der Waals surface area contributed by atoms with E-state index >= 15 is 0 Å². The Morgan fingerprint density at radius 2 is 1.72 bits per heavy atom. The van der Waals surface area contributed by atoms with Gasteiger partial charge in [0.15, 0.2) is 9.84 Å². The second-order valence-electron chi connectivity index (χ2n) is 11.5. The highest BCUT2D eigenvalue weighted by Gasteiger charge is 2.57. The van der Waals surface area contributed by atoms with Crippen LogP contribution >= 0.6 is 0 Å². The van der Waals surface area contributed by atoms with Gasteiger partial charge in [-0.15, -0.1) is 0 Å². The van der Waals surface area contributed by atoms with E-state index in [0.717, 1.165) is 57.6 Å². The monoisotopic (exact) mass is 534 g/mol. The number of nitrogens with one attached hydrogen (secondary N) is 2.